The van der Waals surface area contributed by atoms with Gasteiger partial charge in [0.05, 0.1) is 66.1 Å². The van der Waals surface area contributed by atoms with Crippen molar-refractivity contribution >= 4 is 38.3 Å². The van der Waals surface area contributed by atoms with Crippen molar-refractivity contribution in [1.29, 1.82) is 0 Å². The van der Waals surface area contributed by atoms with Crippen LogP contribution in [0.25, 0.3) is 11.0 Å². The predicted molar refractivity (Wildman–Crippen MR) is 143 cm³/mol. The van der Waals surface area contributed by atoms with Crippen molar-refractivity contribution in [2.45, 2.75) is 18.9 Å². The van der Waals surface area contributed by atoms with Gasteiger partial charge in [0.15, 0.2) is 9.84 Å². The average Bonchev–Trinajstić information content (AvgIpc) is 3.39. The standard InChI is InChI=1S/C27H29FN6O4S/c28-19-10-20(12-29-11-19)34-3-1-2-23(34)21-8-18(26(35)33-14-27(15-33)16-39(36,37)17-27)9-22-25(21)31-24(13-30-22)32-4-6-38-7-5-32/h8-13,23H,1-7,14-17H2. The third-order valence-electron chi connectivity index (χ3n) is 8.27. The maximum Gasteiger partial charge on any atom is 0.253 e. The molecule has 4 aliphatic rings. The van der Waals surface area contributed by atoms with Crippen LogP contribution in [-0.2, 0) is 14.6 Å². The van der Waals surface area contributed by atoms with Crippen LogP contribution in [0.5, 0.6) is 0 Å². The zero-order valence-corrected chi connectivity index (χ0v) is 22.2. The van der Waals surface area contributed by atoms with Crippen LogP contribution in [-0.4, -0.2) is 91.6 Å². The molecule has 0 aliphatic carbocycles. The summed E-state index contributed by atoms with van der Waals surface area (Å²) in [5, 5.41) is 0. The van der Waals surface area contributed by atoms with Crippen molar-refractivity contribution in [2.75, 3.05) is 67.2 Å². The maximum absolute atomic E-state index is 14.1. The van der Waals surface area contributed by atoms with E-state index in [0.29, 0.717) is 43.1 Å². The van der Waals surface area contributed by atoms with Gasteiger partial charge in [-0.05, 0) is 25.0 Å². The van der Waals surface area contributed by atoms with Crippen molar-refractivity contribution in [3.8, 4) is 0 Å². The number of rotatable bonds is 4. The topological polar surface area (TPSA) is 109 Å². The van der Waals surface area contributed by atoms with Crippen LogP contribution >= 0.6 is 0 Å². The first kappa shape index (κ1) is 24.6. The van der Waals surface area contributed by atoms with Gasteiger partial charge in [-0.1, -0.05) is 0 Å². The van der Waals surface area contributed by atoms with Crippen LogP contribution in [0.3, 0.4) is 0 Å². The van der Waals surface area contributed by atoms with E-state index < -0.39 is 15.7 Å². The van der Waals surface area contributed by atoms with Gasteiger partial charge < -0.3 is 19.4 Å². The number of sulfone groups is 1. The first-order valence-electron chi connectivity index (χ1n) is 13.3. The van der Waals surface area contributed by atoms with E-state index in [1.165, 1.54) is 12.3 Å². The highest BCUT2D eigenvalue weighted by molar-refractivity contribution is 7.92. The number of likely N-dealkylation sites (tertiary alicyclic amines) is 1. The Hall–Kier alpha value is -3.38. The van der Waals surface area contributed by atoms with Crippen molar-refractivity contribution in [3.63, 3.8) is 0 Å². The molecular weight excluding hydrogens is 523 g/mol. The van der Waals surface area contributed by atoms with E-state index in [9.17, 15) is 17.6 Å². The number of anilines is 2. The Morgan fingerprint density at radius 1 is 1.05 bits per heavy atom. The SMILES string of the molecule is O=C(c1cc(C2CCCN2c2cncc(F)c2)c2nc(N3CCOCC3)cnc2c1)N1CC2(C1)CS(=O)(=O)C2. The molecule has 3 aromatic rings. The number of morpholine rings is 1. The minimum atomic E-state index is -2.96. The molecule has 1 amide bonds. The van der Waals surface area contributed by atoms with Crippen LogP contribution < -0.4 is 9.80 Å². The minimum absolute atomic E-state index is 0.127. The van der Waals surface area contributed by atoms with Crippen LogP contribution in [0.1, 0.15) is 34.8 Å². The second-order valence-electron chi connectivity index (χ2n) is 11.2. The number of pyridine rings is 1. The number of hydrogen-bond donors (Lipinski definition) is 0. The number of nitrogens with zero attached hydrogens (tertiary/aromatic N) is 6. The number of hydrogen-bond acceptors (Lipinski definition) is 9. The van der Waals surface area contributed by atoms with Gasteiger partial charge in [0, 0.05) is 55.3 Å². The largest absolute Gasteiger partial charge is 0.378 e. The fourth-order valence-electron chi connectivity index (χ4n) is 6.57. The van der Waals surface area contributed by atoms with Gasteiger partial charge in [-0.3, -0.25) is 14.8 Å². The first-order chi connectivity index (χ1) is 18.8. The molecule has 6 heterocycles. The van der Waals surface area contributed by atoms with Crippen LogP contribution in [0.4, 0.5) is 15.9 Å². The number of halogens is 1. The summed E-state index contributed by atoms with van der Waals surface area (Å²) < 4.78 is 43.1. The summed E-state index contributed by atoms with van der Waals surface area (Å²) in [4.78, 5) is 33.4. The monoisotopic (exact) mass is 552 g/mol. The third kappa shape index (κ3) is 4.39. The van der Waals surface area contributed by atoms with E-state index in [1.807, 2.05) is 6.07 Å². The molecule has 4 saturated heterocycles. The lowest BCUT2D eigenvalue weighted by molar-refractivity contribution is 0.0202. The highest BCUT2D eigenvalue weighted by Crippen LogP contribution is 2.43. The zero-order valence-electron chi connectivity index (χ0n) is 21.4. The molecule has 2 aromatic heterocycles. The number of carbonyl (C=O) groups excluding carboxylic acids is 1. The van der Waals surface area contributed by atoms with Crippen molar-refractivity contribution in [3.05, 3.63) is 53.7 Å². The number of aromatic nitrogens is 3. The van der Waals surface area contributed by atoms with Gasteiger partial charge in [-0.2, -0.15) is 0 Å². The smallest absolute Gasteiger partial charge is 0.253 e. The third-order valence-corrected chi connectivity index (χ3v) is 10.4. The molecule has 7 rings (SSSR count). The summed E-state index contributed by atoms with van der Waals surface area (Å²) in [5.74, 6) is 0.539. The molecule has 1 atom stereocenters. The molecule has 1 spiro atoms. The van der Waals surface area contributed by atoms with Crippen molar-refractivity contribution < 1.29 is 22.3 Å². The van der Waals surface area contributed by atoms with Gasteiger partial charge in [0.1, 0.15) is 11.6 Å². The summed E-state index contributed by atoms with van der Waals surface area (Å²) >= 11 is 0. The molecule has 39 heavy (non-hydrogen) atoms. The number of ether oxygens (including phenoxy) is 1. The molecule has 4 aliphatic heterocycles. The summed E-state index contributed by atoms with van der Waals surface area (Å²) in [6.45, 7) is 4.33. The highest BCUT2D eigenvalue weighted by atomic mass is 32.2. The van der Waals surface area contributed by atoms with E-state index in [0.717, 1.165) is 49.4 Å². The average molecular weight is 553 g/mol. The van der Waals surface area contributed by atoms with Crippen molar-refractivity contribution in [2.24, 2.45) is 5.41 Å². The maximum atomic E-state index is 14.1. The van der Waals surface area contributed by atoms with E-state index in [2.05, 4.69) is 14.8 Å². The Morgan fingerprint density at radius 2 is 1.85 bits per heavy atom. The number of fused-ring (bicyclic) bond motifs is 1. The number of amides is 1. The van der Waals surface area contributed by atoms with E-state index in [4.69, 9.17) is 14.7 Å². The fourth-order valence-corrected chi connectivity index (χ4v) is 8.72. The van der Waals surface area contributed by atoms with Gasteiger partial charge in [0.2, 0.25) is 0 Å². The molecule has 0 saturated carbocycles. The molecule has 204 valence electrons. The van der Waals surface area contributed by atoms with Crippen LogP contribution in [0, 0.1) is 11.2 Å². The van der Waals surface area contributed by atoms with Gasteiger partial charge in [0.25, 0.3) is 5.91 Å². The van der Waals surface area contributed by atoms with Crippen LogP contribution in [0.15, 0.2) is 36.8 Å². The minimum Gasteiger partial charge on any atom is -0.378 e. The Bertz CT molecular complexity index is 1560. The molecule has 12 heteroatoms. The normalized spacial score (nSPS) is 23.6. The lowest BCUT2D eigenvalue weighted by Crippen LogP contribution is -2.69. The summed E-state index contributed by atoms with van der Waals surface area (Å²) in [6.07, 6.45) is 6.32. The van der Waals surface area contributed by atoms with E-state index >= 15 is 0 Å². The molecule has 4 fully saturated rings. The molecule has 10 nitrogen and oxygen atoms in total. The Labute approximate surface area is 225 Å². The number of benzene rings is 1. The molecule has 0 radical (unpaired) electrons. The highest BCUT2D eigenvalue weighted by Gasteiger charge is 2.57. The van der Waals surface area contributed by atoms with Gasteiger partial charge >= 0.3 is 0 Å². The zero-order chi connectivity index (χ0) is 26.8. The van der Waals surface area contributed by atoms with Crippen molar-refractivity contribution in [1.82, 2.24) is 19.9 Å². The molecular formula is C27H29FN6O4S. The first-order valence-corrected chi connectivity index (χ1v) is 15.1. The molecule has 0 N–H and O–H groups in total. The van der Waals surface area contributed by atoms with E-state index in [-0.39, 0.29) is 28.9 Å². The second kappa shape index (κ2) is 9.09. The summed E-state index contributed by atoms with van der Waals surface area (Å²) in [6, 6.07) is 5.04. The second-order valence-corrected chi connectivity index (χ2v) is 13.2. The number of carbonyl (C=O) groups is 1. The lowest BCUT2D eigenvalue weighted by Gasteiger charge is -2.54. The quantitative estimate of drug-likeness (QED) is 0.481. The molecule has 1 unspecified atom stereocenters. The van der Waals surface area contributed by atoms with Crippen LogP contribution in [0.2, 0.25) is 0 Å². The van der Waals surface area contributed by atoms with E-state index in [1.54, 1.807) is 23.4 Å². The van der Waals surface area contributed by atoms with Gasteiger partial charge in [-0.25, -0.2) is 17.8 Å². The Morgan fingerprint density at radius 3 is 2.59 bits per heavy atom. The fraction of sp³-hybridized carbons (Fsp3) is 0.481. The summed E-state index contributed by atoms with van der Waals surface area (Å²) in [5.41, 5.74) is 3.14. The van der Waals surface area contributed by atoms with Gasteiger partial charge in [-0.15, -0.1) is 0 Å². The molecule has 0 bridgehead atoms. The predicted octanol–water partition coefficient (Wildman–Crippen LogP) is 2.21. The Kier molecular flexibility index (Phi) is 5.74. The lowest BCUT2D eigenvalue weighted by atomic mass is 9.82. The molecule has 1 aromatic carbocycles. The Balaban J connectivity index is 1.27. The summed E-state index contributed by atoms with van der Waals surface area (Å²) in [7, 11) is -2.96.